The molecule has 0 fully saturated rings. The van der Waals surface area contributed by atoms with Crippen LogP contribution in [0.5, 0.6) is 0 Å². The van der Waals surface area contributed by atoms with Gasteiger partial charge in [-0.2, -0.15) is 0 Å². The van der Waals surface area contributed by atoms with Crippen LogP contribution in [0.4, 0.5) is 0 Å². The maximum Gasteiger partial charge on any atom is 0.192 e. The minimum absolute atomic E-state index is 0.00769. The van der Waals surface area contributed by atoms with E-state index in [9.17, 15) is 9.90 Å². The summed E-state index contributed by atoms with van der Waals surface area (Å²) in [7, 11) is -5.59. The van der Waals surface area contributed by atoms with Crippen molar-refractivity contribution in [3.8, 4) is 0 Å². The molecule has 0 saturated heterocycles. The van der Waals surface area contributed by atoms with Gasteiger partial charge in [0.2, 0.25) is 0 Å². The van der Waals surface area contributed by atoms with E-state index in [0.29, 0.717) is 6.42 Å². The Morgan fingerprint density at radius 2 is 1.48 bits per heavy atom. The summed E-state index contributed by atoms with van der Waals surface area (Å²) in [5.74, 6) is 0.0190. The lowest BCUT2D eigenvalue weighted by Crippen LogP contribution is -2.54. The molecule has 0 amide bonds. The maximum atomic E-state index is 14.7. The second-order valence-corrected chi connectivity index (χ2v) is 37.6. The molecule has 0 aromatic carbocycles. The van der Waals surface area contributed by atoms with Crippen molar-refractivity contribution in [1.82, 2.24) is 4.98 Å². The fraction of sp³-hybridized carbons (Fsp3) is 0.822. The highest BCUT2D eigenvalue weighted by atomic mass is 32.1. The van der Waals surface area contributed by atoms with Gasteiger partial charge in [0.1, 0.15) is 12.6 Å². The summed E-state index contributed by atoms with van der Waals surface area (Å²) in [6.45, 7) is 45.3. The minimum Gasteiger partial charge on any atom is -0.413 e. The summed E-state index contributed by atoms with van der Waals surface area (Å²) in [6, 6.07) is 1.12. The second kappa shape index (κ2) is 22.2. The molecular formula is C45H87NO6SSi3. The van der Waals surface area contributed by atoms with Gasteiger partial charge in [-0.1, -0.05) is 101 Å². The number of aliphatic hydroxyl groups excluding tert-OH is 1. The van der Waals surface area contributed by atoms with Gasteiger partial charge in [0, 0.05) is 38.0 Å². The standard InChI is InChI=1S/C45H87NO6SSi3/c1-33(24-25-39(50-32-49-28-29-54(14,15)16)35(3)30-38-31-53-37(5)46-38)22-21-23-34(2)41(52-56(19,20)44(9,10)11)36(4)42(48)45(12,13)40(26-27-47)51-55(17,18)43(6,7)8/h24,30-31,34,36,39-41,47H,21-23,25-29,32H2,1-20H3/b33-24-,35-30+/t34-,36+,39-,40-,41-/m0/s1. The highest BCUT2D eigenvalue weighted by Crippen LogP contribution is 2.44. The highest BCUT2D eigenvalue weighted by molar-refractivity contribution is 7.09. The summed E-state index contributed by atoms with van der Waals surface area (Å²) in [6.07, 6.45) is 7.92. The van der Waals surface area contributed by atoms with E-state index in [2.05, 4.69) is 138 Å². The van der Waals surface area contributed by atoms with Crippen LogP contribution in [-0.2, 0) is 23.1 Å². The molecule has 1 rings (SSSR count). The van der Waals surface area contributed by atoms with Gasteiger partial charge in [-0.25, -0.2) is 4.98 Å². The van der Waals surface area contributed by atoms with E-state index in [1.54, 1.807) is 11.3 Å². The first-order valence-electron chi connectivity index (χ1n) is 21.3. The number of ether oxygens (including phenoxy) is 2. The summed E-state index contributed by atoms with van der Waals surface area (Å²) < 4.78 is 26.4. The molecule has 1 aromatic rings. The molecule has 56 heavy (non-hydrogen) atoms. The summed E-state index contributed by atoms with van der Waals surface area (Å²) >= 11 is 1.66. The van der Waals surface area contributed by atoms with Gasteiger partial charge in [-0.15, -0.1) is 11.3 Å². The smallest absolute Gasteiger partial charge is 0.192 e. The van der Waals surface area contributed by atoms with Crippen molar-refractivity contribution < 1.29 is 28.2 Å². The fourth-order valence-corrected chi connectivity index (χ4v) is 10.6. The van der Waals surface area contributed by atoms with Crippen LogP contribution < -0.4 is 0 Å². The number of thiazole rings is 1. The van der Waals surface area contributed by atoms with E-state index in [4.69, 9.17) is 18.3 Å². The van der Waals surface area contributed by atoms with E-state index in [-0.39, 0.29) is 59.4 Å². The van der Waals surface area contributed by atoms with Crippen LogP contribution in [0, 0.1) is 24.2 Å². The molecule has 326 valence electrons. The number of hydrogen-bond acceptors (Lipinski definition) is 8. The quantitative estimate of drug-likeness (QED) is 0.0454. The molecule has 5 atom stereocenters. The van der Waals surface area contributed by atoms with Crippen molar-refractivity contribution in [2.24, 2.45) is 17.3 Å². The lowest BCUT2D eigenvalue weighted by Gasteiger charge is -2.46. The number of aryl methyl sites for hydroxylation is 1. The molecular weight excluding hydrogens is 767 g/mol. The Morgan fingerprint density at radius 3 is 1.98 bits per heavy atom. The van der Waals surface area contributed by atoms with Crippen LogP contribution in [-0.4, -0.2) is 78.9 Å². The van der Waals surface area contributed by atoms with Crippen LogP contribution >= 0.6 is 11.3 Å². The number of carbonyl (C=O) groups excluding carboxylic acids is 1. The monoisotopic (exact) mass is 854 g/mol. The Morgan fingerprint density at radius 1 is 0.911 bits per heavy atom. The van der Waals surface area contributed by atoms with Crippen molar-refractivity contribution in [2.45, 2.75) is 202 Å². The van der Waals surface area contributed by atoms with Crippen LogP contribution in [0.3, 0.4) is 0 Å². The molecule has 0 spiro atoms. The third kappa shape index (κ3) is 17.4. The number of Topliss-reactive ketones (excluding diaryl/α,β-unsaturated/α-hetero) is 1. The van der Waals surface area contributed by atoms with Crippen molar-refractivity contribution in [3.63, 3.8) is 0 Å². The molecule has 7 nitrogen and oxygen atoms in total. The van der Waals surface area contributed by atoms with Crippen LogP contribution in [0.15, 0.2) is 22.6 Å². The minimum atomic E-state index is -2.21. The summed E-state index contributed by atoms with van der Waals surface area (Å²) in [5, 5.41) is 13.3. The molecule has 0 aliphatic carbocycles. The number of ketones is 1. The van der Waals surface area contributed by atoms with E-state index < -0.39 is 30.1 Å². The summed E-state index contributed by atoms with van der Waals surface area (Å²) in [4.78, 5) is 19.4. The molecule has 0 aliphatic rings. The van der Waals surface area contributed by atoms with E-state index >= 15 is 0 Å². The van der Waals surface area contributed by atoms with E-state index in [0.717, 1.165) is 54.6 Å². The largest absolute Gasteiger partial charge is 0.413 e. The van der Waals surface area contributed by atoms with Gasteiger partial charge in [0.25, 0.3) is 0 Å². The topological polar surface area (TPSA) is 87.1 Å². The fourth-order valence-electron chi connectivity index (χ4n) is 6.34. The van der Waals surface area contributed by atoms with Gasteiger partial charge < -0.3 is 23.4 Å². The highest BCUT2D eigenvalue weighted by Gasteiger charge is 2.49. The molecule has 11 heteroatoms. The zero-order valence-electron chi connectivity index (χ0n) is 39.8. The Kier molecular flexibility index (Phi) is 21.1. The van der Waals surface area contributed by atoms with Gasteiger partial charge in [-0.3, -0.25) is 4.79 Å². The molecule has 1 aromatic heterocycles. The Labute approximate surface area is 352 Å². The van der Waals surface area contributed by atoms with Gasteiger partial charge in [0.15, 0.2) is 16.6 Å². The number of rotatable bonds is 25. The molecule has 1 N–H and O–H groups in total. The normalized spacial score (nSPS) is 17.2. The molecule has 0 saturated carbocycles. The number of allylic oxidation sites excluding steroid dienone is 1. The van der Waals surface area contributed by atoms with E-state index in [1.165, 1.54) is 5.57 Å². The maximum absolute atomic E-state index is 14.7. The molecule has 1 heterocycles. The average Bonchev–Trinajstić information content (AvgIpc) is 3.45. The van der Waals surface area contributed by atoms with Gasteiger partial charge in [-0.05, 0) is 113 Å². The predicted octanol–water partition coefficient (Wildman–Crippen LogP) is 13.1. The Bertz CT molecular complexity index is 1400. The van der Waals surface area contributed by atoms with Crippen molar-refractivity contribution in [2.75, 3.05) is 20.0 Å². The Balaban J connectivity index is 3.22. The first-order chi connectivity index (χ1) is 25.4. The average molecular weight is 855 g/mol. The third-order valence-corrected chi connectivity index (χ3v) is 24.0. The lowest BCUT2D eigenvalue weighted by molar-refractivity contribution is -0.141. The third-order valence-electron chi connectivity index (χ3n) is 12.6. The first-order valence-corrected chi connectivity index (χ1v) is 31.7. The van der Waals surface area contributed by atoms with Crippen LogP contribution in [0.1, 0.15) is 126 Å². The van der Waals surface area contributed by atoms with Crippen molar-refractivity contribution >= 4 is 47.9 Å². The van der Waals surface area contributed by atoms with Crippen LogP contribution in [0.25, 0.3) is 6.08 Å². The number of hydrogen-bond donors (Lipinski definition) is 1. The van der Waals surface area contributed by atoms with Crippen molar-refractivity contribution in [1.29, 1.82) is 0 Å². The summed E-state index contributed by atoms with van der Waals surface area (Å²) in [5.41, 5.74) is 2.68. The SMILES string of the molecule is C/C(=C/C[C@H](OCOCC[Si](C)(C)C)/C(C)=C/c1csc(C)n1)CCC[C@H](C)[C@H](O[Si](C)(C)C(C)(C)C)[C@@H](C)C(=O)C(C)(C)[C@H](CCO)O[Si](C)(C)C(C)(C)C. The van der Waals surface area contributed by atoms with Crippen molar-refractivity contribution in [3.05, 3.63) is 33.3 Å². The molecule has 0 radical (unpaired) electrons. The molecule has 0 unspecified atom stereocenters. The number of carbonyl (C=O) groups is 1. The second-order valence-electron chi connectivity index (χ2n) is 21.4. The van der Waals surface area contributed by atoms with Gasteiger partial charge in [0.05, 0.1) is 29.0 Å². The zero-order valence-corrected chi connectivity index (χ0v) is 43.6. The van der Waals surface area contributed by atoms with Gasteiger partial charge >= 0.3 is 0 Å². The number of aliphatic hydroxyl groups is 1. The first kappa shape index (κ1) is 53.2. The Hall–Kier alpha value is -0.769. The molecule has 0 aliphatic heterocycles. The number of nitrogens with zero attached hydrogens (tertiary/aromatic N) is 1. The lowest BCUT2D eigenvalue weighted by atomic mass is 9.73. The number of aromatic nitrogens is 1. The van der Waals surface area contributed by atoms with E-state index in [1.807, 2.05) is 20.8 Å². The van der Waals surface area contributed by atoms with Crippen LogP contribution in [0.2, 0.25) is 61.9 Å². The zero-order chi connectivity index (χ0) is 43.5. The predicted molar refractivity (Wildman–Crippen MR) is 250 cm³/mol. The molecule has 0 bridgehead atoms.